The Morgan fingerprint density at radius 1 is 1.11 bits per heavy atom. The van der Waals surface area contributed by atoms with Crippen molar-refractivity contribution in [3.8, 4) is 11.3 Å². The Kier molecular flexibility index (Phi) is 4.50. The number of halogens is 1. The van der Waals surface area contributed by atoms with Gasteiger partial charge in [0.2, 0.25) is 0 Å². The maximum Gasteiger partial charge on any atom is 0.330 e. The van der Waals surface area contributed by atoms with Crippen molar-refractivity contribution < 1.29 is 9.50 Å². The van der Waals surface area contributed by atoms with Crippen molar-refractivity contribution in [3.05, 3.63) is 52.2 Å². The Morgan fingerprint density at radius 2 is 1.78 bits per heavy atom. The normalized spacial score (nSPS) is 12.7. The standard InChI is InChI=1S/C21H26FN3O2/c1-20(2,3)12-25-17-10-9-16(23-18(17)24(6)19(25)26)14-11-13(21(4,5)27)7-8-15(14)22/h7-11,27H,12H2,1-6H3. The van der Waals surface area contributed by atoms with Crippen LogP contribution < -0.4 is 5.69 Å². The van der Waals surface area contributed by atoms with Gasteiger partial charge in [-0.05, 0) is 49.1 Å². The Morgan fingerprint density at radius 3 is 2.37 bits per heavy atom. The van der Waals surface area contributed by atoms with Crippen LogP contribution in [0, 0.1) is 11.2 Å². The number of imidazole rings is 1. The minimum absolute atomic E-state index is 0.0655. The predicted molar refractivity (Wildman–Crippen MR) is 105 cm³/mol. The van der Waals surface area contributed by atoms with Crippen LogP contribution in [0.5, 0.6) is 0 Å². The number of aryl methyl sites for hydroxylation is 1. The smallest absolute Gasteiger partial charge is 0.330 e. The minimum Gasteiger partial charge on any atom is -0.386 e. The Hall–Kier alpha value is -2.47. The lowest BCUT2D eigenvalue weighted by Crippen LogP contribution is -2.27. The monoisotopic (exact) mass is 371 g/mol. The number of aliphatic hydroxyl groups is 1. The van der Waals surface area contributed by atoms with E-state index >= 15 is 0 Å². The Balaban J connectivity index is 2.19. The zero-order chi connectivity index (χ0) is 20.1. The summed E-state index contributed by atoms with van der Waals surface area (Å²) in [7, 11) is 1.67. The molecule has 1 N–H and O–H groups in total. The van der Waals surface area contributed by atoms with Crippen LogP contribution in [-0.4, -0.2) is 19.2 Å². The molecule has 0 radical (unpaired) electrons. The van der Waals surface area contributed by atoms with Gasteiger partial charge in [-0.1, -0.05) is 26.8 Å². The summed E-state index contributed by atoms with van der Waals surface area (Å²) in [6.07, 6.45) is 0. The first-order chi connectivity index (χ1) is 12.4. The number of rotatable bonds is 3. The third-order valence-corrected chi connectivity index (χ3v) is 4.56. The van der Waals surface area contributed by atoms with Crippen LogP contribution in [0.2, 0.25) is 0 Å². The van der Waals surface area contributed by atoms with Crippen LogP contribution >= 0.6 is 0 Å². The van der Waals surface area contributed by atoms with Crippen molar-refractivity contribution in [2.75, 3.05) is 0 Å². The van der Waals surface area contributed by atoms with Gasteiger partial charge < -0.3 is 5.11 Å². The van der Waals surface area contributed by atoms with Crippen LogP contribution in [-0.2, 0) is 19.2 Å². The molecule has 0 spiro atoms. The van der Waals surface area contributed by atoms with Gasteiger partial charge in [0.25, 0.3) is 0 Å². The SMILES string of the molecule is Cn1c(=O)n(CC(C)(C)C)c2ccc(-c3cc(C(C)(C)O)ccc3F)nc21. The highest BCUT2D eigenvalue weighted by molar-refractivity contribution is 5.76. The molecule has 0 amide bonds. The van der Waals surface area contributed by atoms with Gasteiger partial charge in [0.1, 0.15) is 5.82 Å². The molecule has 0 bridgehead atoms. The van der Waals surface area contributed by atoms with Crippen LogP contribution in [0.3, 0.4) is 0 Å². The van der Waals surface area contributed by atoms with E-state index in [-0.39, 0.29) is 11.1 Å². The molecule has 6 heteroatoms. The van der Waals surface area contributed by atoms with Gasteiger partial charge in [0, 0.05) is 19.2 Å². The molecule has 0 saturated heterocycles. The summed E-state index contributed by atoms with van der Waals surface area (Å²) in [5, 5.41) is 10.2. The van der Waals surface area contributed by atoms with E-state index < -0.39 is 11.4 Å². The summed E-state index contributed by atoms with van der Waals surface area (Å²) < 4.78 is 17.6. The van der Waals surface area contributed by atoms with E-state index in [2.05, 4.69) is 25.8 Å². The fraction of sp³-hybridized carbons (Fsp3) is 0.429. The molecular weight excluding hydrogens is 345 g/mol. The lowest BCUT2D eigenvalue weighted by molar-refractivity contribution is 0.0786. The molecule has 27 heavy (non-hydrogen) atoms. The number of nitrogens with zero attached hydrogens (tertiary/aromatic N) is 3. The summed E-state index contributed by atoms with van der Waals surface area (Å²) in [5.41, 5.74) is 1.26. The molecule has 2 heterocycles. The van der Waals surface area contributed by atoms with Crippen LogP contribution in [0.1, 0.15) is 40.2 Å². The van der Waals surface area contributed by atoms with Gasteiger partial charge in [-0.15, -0.1) is 0 Å². The second-order valence-electron chi connectivity index (χ2n) is 8.78. The van der Waals surface area contributed by atoms with Gasteiger partial charge in [0.05, 0.1) is 16.8 Å². The van der Waals surface area contributed by atoms with Crippen LogP contribution in [0.25, 0.3) is 22.4 Å². The first-order valence-electron chi connectivity index (χ1n) is 8.97. The van der Waals surface area contributed by atoms with Crippen molar-refractivity contribution in [2.24, 2.45) is 12.5 Å². The topological polar surface area (TPSA) is 60.0 Å². The maximum atomic E-state index is 14.5. The largest absolute Gasteiger partial charge is 0.386 e. The Labute approximate surface area is 158 Å². The van der Waals surface area contributed by atoms with Crippen LogP contribution in [0.4, 0.5) is 4.39 Å². The van der Waals surface area contributed by atoms with Crippen LogP contribution in [0.15, 0.2) is 35.1 Å². The summed E-state index contributed by atoms with van der Waals surface area (Å²) in [6, 6.07) is 8.02. The fourth-order valence-electron chi connectivity index (χ4n) is 3.15. The molecule has 0 saturated carbocycles. The summed E-state index contributed by atoms with van der Waals surface area (Å²) in [5.74, 6) is -0.422. The van der Waals surface area contributed by atoms with Crippen molar-refractivity contribution in [2.45, 2.75) is 46.8 Å². The van der Waals surface area contributed by atoms with Gasteiger partial charge in [-0.2, -0.15) is 0 Å². The molecule has 0 fully saturated rings. The van der Waals surface area contributed by atoms with Crippen molar-refractivity contribution in [1.82, 2.24) is 14.1 Å². The molecule has 0 aliphatic carbocycles. The molecule has 3 aromatic rings. The third kappa shape index (κ3) is 3.67. The highest BCUT2D eigenvalue weighted by Crippen LogP contribution is 2.29. The second kappa shape index (κ2) is 6.30. The first kappa shape index (κ1) is 19.3. The molecule has 0 aliphatic rings. The molecular formula is C21H26FN3O2. The van der Waals surface area contributed by atoms with Gasteiger partial charge >= 0.3 is 5.69 Å². The molecule has 3 rings (SSSR count). The number of fused-ring (bicyclic) bond motifs is 1. The second-order valence-corrected chi connectivity index (χ2v) is 8.78. The zero-order valence-corrected chi connectivity index (χ0v) is 16.7. The zero-order valence-electron chi connectivity index (χ0n) is 16.7. The minimum atomic E-state index is -1.09. The maximum absolute atomic E-state index is 14.5. The summed E-state index contributed by atoms with van der Waals surface area (Å²) in [6.45, 7) is 10.1. The first-order valence-corrected chi connectivity index (χ1v) is 8.97. The number of pyridine rings is 1. The van der Waals surface area contributed by atoms with Crippen molar-refractivity contribution >= 4 is 11.2 Å². The molecule has 144 valence electrons. The van der Waals surface area contributed by atoms with E-state index in [9.17, 15) is 14.3 Å². The lowest BCUT2D eigenvalue weighted by Gasteiger charge is -2.19. The van der Waals surface area contributed by atoms with E-state index in [1.54, 1.807) is 49.7 Å². The average Bonchev–Trinajstić information content (AvgIpc) is 2.77. The van der Waals surface area contributed by atoms with Gasteiger partial charge in [0.15, 0.2) is 5.65 Å². The molecule has 1 aromatic carbocycles. The lowest BCUT2D eigenvalue weighted by atomic mass is 9.95. The van der Waals surface area contributed by atoms with E-state index in [1.807, 2.05) is 0 Å². The van der Waals surface area contributed by atoms with Crippen molar-refractivity contribution in [3.63, 3.8) is 0 Å². The van der Waals surface area contributed by atoms with Gasteiger partial charge in [-0.25, -0.2) is 14.2 Å². The van der Waals surface area contributed by atoms with E-state index in [0.29, 0.717) is 29.0 Å². The highest BCUT2D eigenvalue weighted by atomic mass is 19.1. The fourth-order valence-corrected chi connectivity index (χ4v) is 3.15. The summed E-state index contributed by atoms with van der Waals surface area (Å²) >= 11 is 0. The predicted octanol–water partition coefficient (Wildman–Crippen LogP) is 3.81. The molecule has 5 nitrogen and oxygen atoms in total. The van der Waals surface area contributed by atoms with E-state index in [1.165, 1.54) is 10.6 Å². The molecule has 0 unspecified atom stereocenters. The Bertz CT molecular complexity index is 1070. The molecule has 0 aliphatic heterocycles. The van der Waals surface area contributed by atoms with Gasteiger partial charge in [-0.3, -0.25) is 9.13 Å². The number of aromatic nitrogens is 3. The highest BCUT2D eigenvalue weighted by Gasteiger charge is 2.21. The number of hydrogen-bond acceptors (Lipinski definition) is 3. The van der Waals surface area contributed by atoms with E-state index in [4.69, 9.17) is 0 Å². The third-order valence-electron chi connectivity index (χ3n) is 4.56. The quantitative estimate of drug-likeness (QED) is 0.761. The molecule has 0 atom stereocenters. The summed E-state index contributed by atoms with van der Waals surface area (Å²) in [4.78, 5) is 17.2. The van der Waals surface area contributed by atoms with Crippen molar-refractivity contribution in [1.29, 1.82) is 0 Å². The van der Waals surface area contributed by atoms with E-state index in [0.717, 1.165) is 5.52 Å². The average molecular weight is 371 g/mol. The number of hydrogen-bond donors (Lipinski definition) is 1. The number of benzene rings is 1. The molecule has 2 aromatic heterocycles.